The lowest BCUT2D eigenvalue weighted by molar-refractivity contribution is 0.0398. The van der Waals surface area contributed by atoms with Gasteiger partial charge in [0.2, 0.25) is 5.16 Å². The average Bonchev–Trinajstić information content (AvgIpc) is 2.57. The van der Waals surface area contributed by atoms with Crippen LogP contribution in [0.1, 0.15) is 0 Å². The molecule has 1 unspecified atom stereocenters. The van der Waals surface area contributed by atoms with Crippen molar-refractivity contribution in [2.45, 2.75) is 5.16 Å². The molecule has 1 atom stereocenters. The van der Waals surface area contributed by atoms with Crippen LogP contribution in [0.5, 0.6) is 0 Å². The molecule has 1 N–H and O–H groups in total. The molecule has 0 radical (unpaired) electrons. The Morgan fingerprint density at radius 3 is 2.58 bits per heavy atom. The van der Waals surface area contributed by atoms with Gasteiger partial charge in [0.25, 0.3) is 0 Å². The zero-order chi connectivity index (χ0) is 17.1. The van der Waals surface area contributed by atoms with Crippen LogP contribution in [-0.4, -0.2) is 74.7 Å². The van der Waals surface area contributed by atoms with Gasteiger partial charge in [-0.3, -0.25) is 9.11 Å². The lowest BCUT2D eigenvalue weighted by Crippen LogP contribution is -2.39. The van der Waals surface area contributed by atoms with Crippen molar-refractivity contribution in [2.24, 2.45) is 0 Å². The molecule has 2 aromatic rings. The zero-order valence-corrected chi connectivity index (χ0v) is 15.3. The lowest BCUT2D eigenvalue weighted by Gasteiger charge is -2.26. The monoisotopic (exact) mass is 390 g/mol. The van der Waals surface area contributed by atoms with Crippen molar-refractivity contribution in [1.29, 1.82) is 0 Å². The molecule has 0 aliphatic carbocycles. The molecule has 1 saturated heterocycles. The first-order valence-corrected chi connectivity index (χ1v) is 9.64. The van der Waals surface area contributed by atoms with E-state index in [9.17, 15) is 4.21 Å². The molecule has 1 aliphatic heterocycles. The molecular weight excluding hydrogens is 375 g/mol. The van der Waals surface area contributed by atoms with Crippen LogP contribution in [0.2, 0.25) is 10.3 Å². The highest BCUT2D eigenvalue weighted by atomic mass is 35.5. The number of rotatable bonds is 5. The maximum atomic E-state index is 11.7. The molecular formula is C13H16Cl2N6O2S. The van der Waals surface area contributed by atoms with Gasteiger partial charge in [0.15, 0.2) is 27.3 Å². The van der Waals surface area contributed by atoms with Gasteiger partial charge < -0.3 is 10.1 Å². The predicted molar refractivity (Wildman–Crippen MR) is 93.2 cm³/mol. The van der Waals surface area contributed by atoms with Crippen molar-refractivity contribution in [1.82, 2.24) is 24.8 Å². The van der Waals surface area contributed by atoms with Gasteiger partial charge in [-0.05, 0) is 0 Å². The summed E-state index contributed by atoms with van der Waals surface area (Å²) in [5.41, 5.74) is 0.666. The minimum Gasteiger partial charge on any atom is -0.379 e. The Kier molecular flexibility index (Phi) is 5.77. The smallest absolute Gasteiger partial charge is 0.222 e. The standard InChI is InChI=1S/C13H16Cl2N6O2S/c1-24(22)13-19-11(16-2-3-21-4-6-23-7-5-21)8-12(20-13)18-10(15)9(14)17-8/h2-7H2,1H3,(H,16,18,19,20). The van der Waals surface area contributed by atoms with Crippen molar-refractivity contribution in [3.05, 3.63) is 10.3 Å². The Morgan fingerprint density at radius 1 is 1.17 bits per heavy atom. The fraction of sp³-hybridized carbons (Fsp3) is 0.538. The minimum absolute atomic E-state index is 0.0509. The summed E-state index contributed by atoms with van der Waals surface area (Å²) in [5.74, 6) is 0.449. The molecule has 0 amide bonds. The number of aromatic nitrogens is 4. The van der Waals surface area contributed by atoms with E-state index in [-0.39, 0.29) is 21.1 Å². The van der Waals surface area contributed by atoms with Gasteiger partial charge >= 0.3 is 0 Å². The number of morpholine rings is 1. The Bertz CT molecular complexity index is 772. The first-order valence-electron chi connectivity index (χ1n) is 7.33. The van der Waals surface area contributed by atoms with E-state index in [4.69, 9.17) is 27.9 Å². The van der Waals surface area contributed by atoms with Crippen molar-refractivity contribution < 1.29 is 8.95 Å². The normalized spacial score (nSPS) is 17.1. The van der Waals surface area contributed by atoms with Crippen molar-refractivity contribution in [3.8, 4) is 0 Å². The molecule has 1 fully saturated rings. The summed E-state index contributed by atoms with van der Waals surface area (Å²) in [7, 11) is -1.35. The third-order valence-electron chi connectivity index (χ3n) is 3.51. The Morgan fingerprint density at radius 2 is 1.88 bits per heavy atom. The van der Waals surface area contributed by atoms with E-state index in [0.29, 0.717) is 17.9 Å². The second-order valence-corrected chi connectivity index (χ2v) is 7.16. The number of anilines is 1. The van der Waals surface area contributed by atoms with Crippen LogP contribution in [0, 0.1) is 0 Å². The third kappa shape index (κ3) is 4.09. The Hall–Kier alpha value is -1.13. The van der Waals surface area contributed by atoms with Crippen molar-refractivity contribution >= 4 is 51.0 Å². The molecule has 3 heterocycles. The maximum absolute atomic E-state index is 11.7. The number of nitrogens with zero attached hydrogens (tertiary/aromatic N) is 5. The Labute approximate surface area is 151 Å². The van der Waals surface area contributed by atoms with Crippen LogP contribution in [0.25, 0.3) is 11.2 Å². The molecule has 3 rings (SSSR count). The molecule has 0 aromatic carbocycles. The van der Waals surface area contributed by atoms with Crippen LogP contribution < -0.4 is 5.32 Å². The van der Waals surface area contributed by atoms with Gasteiger partial charge in [-0.2, -0.15) is 4.98 Å². The van der Waals surface area contributed by atoms with E-state index in [1.165, 1.54) is 6.26 Å². The molecule has 0 saturated carbocycles. The van der Waals surface area contributed by atoms with Gasteiger partial charge in [-0.15, -0.1) is 0 Å². The van der Waals surface area contributed by atoms with Crippen LogP contribution in [0.15, 0.2) is 5.16 Å². The number of ether oxygens (including phenoxy) is 1. The summed E-state index contributed by atoms with van der Waals surface area (Å²) < 4.78 is 17.1. The topological polar surface area (TPSA) is 93.1 Å². The van der Waals surface area contributed by atoms with E-state index in [1.54, 1.807) is 0 Å². The van der Waals surface area contributed by atoms with Gasteiger partial charge in [0.1, 0.15) is 0 Å². The molecule has 24 heavy (non-hydrogen) atoms. The van der Waals surface area contributed by atoms with Crippen LogP contribution in [-0.2, 0) is 15.5 Å². The summed E-state index contributed by atoms with van der Waals surface area (Å²) >= 11 is 11.8. The molecule has 2 aromatic heterocycles. The molecule has 0 spiro atoms. The predicted octanol–water partition coefficient (Wildman–Crippen LogP) is 1.21. The van der Waals surface area contributed by atoms with E-state index in [0.717, 1.165) is 32.8 Å². The van der Waals surface area contributed by atoms with E-state index < -0.39 is 10.8 Å². The quantitative estimate of drug-likeness (QED) is 0.761. The summed E-state index contributed by atoms with van der Waals surface area (Å²) in [6.45, 7) is 4.76. The largest absolute Gasteiger partial charge is 0.379 e. The average molecular weight is 391 g/mol. The molecule has 130 valence electrons. The van der Waals surface area contributed by atoms with E-state index >= 15 is 0 Å². The highest BCUT2D eigenvalue weighted by Crippen LogP contribution is 2.24. The van der Waals surface area contributed by atoms with Crippen molar-refractivity contribution in [2.75, 3.05) is 51.0 Å². The maximum Gasteiger partial charge on any atom is 0.222 e. The number of fused-ring (bicyclic) bond motifs is 1. The first-order chi connectivity index (χ1) is 11.5. The van der Waals surface area contributed by atoms with Crippen LogP contribution >= 0.6 is 23.2 Å². The highest BCUT2D eigenvalue weighted by molar-refractivity contribution is 7.84. The Balaban J connectivity index is 1.84. The number of halogens is 2. The molecule has 8 nitrogen and oxygen atoms in total. The summed E-state index contributed by atoms with van der Waals surface area (Å²) in [6.07, 6.45) is 1.50. The van der Waals surface area contributed by atoms with Crippen molar-refractivity contribution in [3.63, 3.8) is 0 Å². The van der Waals surface area contributed by atoms with E-state index in [1.807, 2.05) is 0 Å². The molecule has 0 bridgehead atoms. The summed E-state index contributed by atoms with van der Waals surface area (Å²) in [5, 5.41) is 3.50. The molecule has 1 aliphatic rings. The first kappa shape index (κ1) is 17.7. The number of hydrogen-bond acceptors (Lipinski definition) is 8. The minimum atomic E-state index is -1.35. The van der Waals surface area contributed by atoms with E-state index in [2.05, 4.69) is 30.2 Å². The summed E-state index contributed by atoms with van der Waals surface area (Å²) in [6, 6.07) is 0. The van der Waals surface area contributed by atoms with Gasteiger partial charge in [-0.25, -0.2) is 15.0 Å². The lowest BCUT2D eigenvalue weighted by atomic mass is 10.4. The zero-order valence-electron chi connectivity index (χ0n) is 13.0. The second kappa shape index (κ2) is 7.83. The number of hydrogen-bond donors (Lipinski definition) is 1. The fourth-order valence-electron chi connectivity index (χ4n) is 2.30. The van der Waals surface area contributed by atoms with Gasteiger partial charge in [0.05, 0.1) is 24.0 Å². The van der Waals surface area contributed by atoms with Gasteiger partial charge in [0, 0.05) is 32.4 Å². The van der Waals surface area contributed by atoms with Crippen LogP contribution in [0.3, 0.4) is 0 Å². The SMILES string of the molecule is CS(=O)c1nc(NCCN2CCOCC2)c2nc(Cl)c(Cl)nc2n1. The third-order valence-corrected chi connectivity index (χ3v) is 4.83. The second-order valence-electron chi connectivity index (χ2n) is 5.17. The van der Waals surface area contributed by atoms with Gasteiger partial charge in [-0.1, -0.05) is 23.2 Å². The van der Waals surface area contributed by atoms with Crippen LogP contribution in [0.4, 0.5) is 5.82 Å². The summed E-state index contributed by atoms with van der Waals surface area (Å²) in [4.78, 5) is 19.0. The molecule has 11 heteroatoms. The fourth-order valence-corrected chi connectivity index (χ4v) is 2.98. The number of nitrogens with one attached hydrogen (secondary N) is 1. The highest BCUT2D eigenvalue weighted by Gasteiger charge is 2.16.